The molecule has 4 amide bonds. The number of hydrogen-bond acceptors (Lipinski definition) is 6. The number of ether oxygens (including phenoxy) is 1. The molecule has 0 radical (unpaired) electrons. The van der Waals surface area contributed by atoms with Crippen molar-refractivity contribution in [3.63, 3.8) is 0 Å². The highest BCUT2D eigenvalue weighted by Gasteiger charge is 2.43. The molecule has 2 heterocycles. The van der Waals surface area contributed by atoms with Crippen LogP contribution in [0.5, 0.6) is 0 Å². The molecule has 180 valence electrons. The lowest BCUT2D eigenvalue weighted by Crippen LogP contribution is -2.47. The Labute approximate surface area is 207 Å². The fraction of sp³-hybridized carbons (Fsp3) is 0.179. The molecule has 0 spiro atoms. The van der Waals surface area contributed by atoms with Gasteiger partial charge < -0.3 is 4.74 Å². The topological polar surface area (TPSA) is 101 Å². The first kappa shape index (κ1) is 23.2. The molecule has 8 nitrogen and oxygen atoms in total. The average Bonchev–Trinajstić information content (AvgIpc) is 3.30. The van der Waals surface area contributed by atoms with Crippen LogP contribution in [0.15, 0.2) is 78.9 Å². The van der Waals surface area contributed by atoms with Crippen LogP contribution in [0.3, 0.4) is 0 Å². The van der Waals surface area contributed by atoms with E-state index in [4.69, 9.17) is 4.74 Å². The maximum absolute atomic E-state index is 13.2. The van der Waals surface area contributed by atoms with Crippen molar-refractivity contribution in [1.29, 1.82) is 0 Å². The number of esters is 1. The lowest BCUT2D eigenvalue weighted by Gasteiger charge is -2.25. The van der Waals surface area contributed by atoms with E-state index in [1.807, 2.05) is 18.2 Å². The van der Waals surface area contributed by atoms with Crippen LogP contribution in [0.25, 0.3) is 0 Å². The first-order valence-corrected chi connectivity index (χ1v) is 11.6. The van der Waals surface area contributed by atoms with E-state index < -0.39 is 23.8 Å². The fourth-order valence-electron chi connectivity index (χ4n) is 4.54. The van der Waals surface area contributed by atoms with Crippen LogP contribution >= 0.6 is 0 Å². The normalized spacial score (nSPS) is 15.2. The SMILES string of the molecule is O=C(OCCCN1C(=O)c2ccccc2C1=O)[C@H](Cc1ccccc1)N1C(=O)c2ccccc2C1=O. The zero-order valence-corrected chi connectivity index (χ0v) is 19.3. The molecule has 5 rings (SSSR count). The van der Waals surface area contributed by atoms with Crippen molar-refractivity contribution >= 4 is 29.6 Å². The molecule has 2 aliphatic heterocycles. The van der Waals surface area contributed by atoms with E-state index in [0.717, 1.165) is 15.4 Å². The first-order chi connectivity index (χ1) is 17.5. The third kappa shape index (κ3) is 4.07. The van der Waals surface area contributed by atoms with Gasteiger partial charge in [0.15, 0.2) is 0 Å². The highest BCUT2D eigenvalue weighted by molar-refractivity contribution is 6.23. The number of rotatable bonds is 8. The molecule has 0 aromatic heterocycles. The summed E-state index contributed by atoms with van der Waals surface area (Å²) in [6, 6.07) is 20.9. The molecular weight excluding hydrogens is 460 g/mol. The van der Waals surface area contributed by atoms with Crippen molar-refractivity contribution in [3.8, 4) is 0 Å². The van der Waals surface area contributed by atoms with Crippen LogP contribution in [0, 0.1) is 0 Å². The molecule has 3 aromatic carbocycles. The van der Waals surface area contributed by atoms with Crippen molar-refractivity contribution in [2.75, 3.05) is 13.2 Å². The Morgan fingerprint density at radius 3 is 1.67 bits per heavy atom. The number of fused-ring (bicyclic) bond motifs is 2. The van der Waals surface area contributed by atoms with Crippen molar-refractivity contribution in [1.82, 2.24) is 9.80 Å². The van der Waals surface area contributed by atoms with Gasteiger partial charge in [0.05, 0.1) is 28.9 Å². The van der Waals surface area contributed by atoms with E-state index in [-0.39, 0.29) is 48.9 Å². The van der Waals surface area contributed by atoms with Gasteiger partial charge in [0, 0.05) is 13.0 Å². The van der Waals surface area contributed by atoms with Gasteiger partial charge in [0.1, 0.15) is 6.04 Å². The predicted octanol–water partition coefficient (Wildman–Crippen LogP) is 3.12. The van der Waals surface area contributed by atoms with Crippen LogP contribution in [0.4, 0.5) is 0 Å². The molecule has 0 saturated carbocycles. The third-order valence-electron chi connectivity index (χ3n) is 6.33. The molecular formula is C28H22N2O6. The van der Waals surface area contributed by atoms with Crippen molar-refractivity contribution in [3.05, 3.63) is 107 Å². The molecule has 0 fully saturated rings. The van der Waals surface area contributed by atoms with Gasteiger partial charge in [-0.15, -0.1) is 0 Å². The van der Waals surface area contributed by atoms with E-state index in [1.165, 1.54) is 0 Å². The van der Waals surface area contributed by atoms with Gasteiger partial charge in [-0.1, -0.05) is 54.6 Å². The van der Waals surface area contributed by atoms with Gasteiger partial charge in [0.2, 0.25) is 0 Å². The summed E-state index contributed by atoms with van der Waals surface area (Å²) >= 11 is 0. The average molecular weight is 482 g/mol. The minimum atomic E-state index is -1.15. The second-order valence-corrected chi connectivity index (χ2v) is 8.56. The summed E-state index contributed by atoms with van der Waals surface area (Å²) in [6.45, 7) is -0.00328. The minimum absolute atomic E-state index is 0.0794. The molecule has 36 heavy (non-hydrogen) atoms. The maximum Gasteiger partial charge on any atom is 0.329 e. The molecule has 8 heteroatoms. The Hall–Kier alpha value is -4.59. The summed E-state index contributed by atoms with van der Waals surface area (Å²) in [5, 5.41) is 0. The summed E-state index contributed by atoms with van der Waals surface area (Å²) in [7, 11) is 0. The number of imide groups is 2. The smallest absolute Gasteiger partial charge is 0.329 e. The monoisotopic (exact) mass is 482 g/mol. The third-order valence-corrected chi connectivity index (χ3v) is 6.33. The Bertz CT molecular complexity index is 1310. The molecule has 0 N–H and O–H groups in total. The highest BCUT2D eigenvalue weighted by atomic mass is 16.5. The lowest BCUT2D eigenvalue weighted by molar-refractivity contribution is -0.148. The quantitative estimate of drug-likeness (QED) is 0.278. The van der Waals surface area contributed by atoms with Crippen LogP contribution in [0.2, 0.25) is 0 Å². The van der Waals surface area contributed by atoms with Crippen molar-refractivity contribution in [2.45, 2.75) is 18.9 Å². The standard InChI is InChI=1S/C28H22N2O6/c31-24-19-11-4-5-12-20(19)25(32)29(24)15-8-16-36-28(35)23(17-18-9-2-1-3-10-18)30-26(33)21-13-6-7-14-22(21)27(30)34/h1-7,9-14,23H,8,15-17H2/t23-/m0/s1. The molecule has 0 aliphatic carbocycles. The number of hydrogen-bond donors (Lipinski definition) is 0. The summed E-state index contributed by atoms with van der Waals surface area (Å²) in [4.78, 5) is 66.4. The van der Waals surface area contributed by atoms with Crippen LogP contribution in [-0.2, 0) is 16.0 Å². The zero-order chi connectivity index (χ0) is 25.2. The van der Waals surface area contributed by atoms with Gasteiger partial charge in [-0.2, -0.15) is 0 Å². The van der Waals surface area contributed by atoms with Gasteiger partial charge >= 0.3 is 5.97 Å². The van der Waals surface area contributed by atoms with Crippen LogP contribution < -0.4 is 0 Å². The summed E-state index contributed by atoms with van der Waals surface area (Å²) in [5.41, 5.74) is 1.97. The molecule has 0 bridgehead atoms. The van der Waals surface area contributed by atoms with Crippen LogP contribution in [-0.4, -0.2) is 58.6 Å². The number of carbonyl (C=O) groups excluding carboxylic acids is 5. The van der Waals surface area contributed by atoms with Gasteiger partial charge in [-0.25, -0.2) is 4.79 Å². The Morgan fingerprint density at radius 1 is 0.667 bits per heavy atom. The molecule has 2 aliphatic rings. The Kier molecular flexibility index (Phi) is 6.16. The molecule has 1 atom stereocenters. The van der Waals surface area contributed by atoms with Crippen molar-refractivity contribution < 1.29 is 28.7 Å². The number of nitrogens with zero attached hydrogens (tertiary/aromatic N) is 2. The minimum Gasteiger partial charge on any atom is -0.464 e. The lowest BCUT2D eigenvalue weighted by atomic mass is 10.0. The summed E-state index contributed by atoms with van der Waals surface area (Å²) in [6.07, 6.45) is 0.320. The second-order valence-electron chi connectivity index (χ2n) is 8.56. The molecule has 3 aromatic rings. The van der Waals surface area contributed by atoms with E-state index >= 15 is 0 Å². The summed E-state index contributed by atoms with van der Waals surface area (Å²) < 4.78 is 5.46. The van der Waals surface area contributed by atoms with E-state index in [0.29, 0.717) is 11.1 Å². The van der Waals surface area contributed by atoms with Gasteiger partial charge in [-0.05, 0) is 36.2 Å². The van der Waals surface area contributed by atoms with E-state index in [1.54, 1.807) is 60.7 Å². The number of amides is 4. The fourth-order valence-corrected chi connectivity index (χ4v) is 4.54. The van der Waals surface area contributed by atoms with Crippen LogP contribution in [0.1, 0.15) is 53.4 Å². The molecule has 0 saturated heterocycles. The zero-order valence-electron chi connectivity index (χ0n) is 19.3. The first-order valence-electron chi connectivity index (χ1n) is 11.6. The maximum atomic E-state index is 13.2. The van der Waals surface area contributed by atoms with E-state index in [9.17, 15) is 24.0 Å². The second kappa shape index (κ2) is 9.58. The number of carbonyl (C=O) groups is 5. The highest BCUT2D eigenvalue weighted by Crippen LogP contribution is 2.27. The Morgan fingerprint density at radius 2 is 1.14 bits per heavy atom. The number of benzene rings is 3. The van der Waals surface area contributed by atoms with Gasteiger partial charge in [0.25, 0.3) is 23.6 Å². The Balaban J connectivity index is 1.27. The molecule has 0 unspecified atom stereocenters. The largest absolute Gasteiger partial charge is 0.464 e. The summed E-state index contributed by atoms with van der Waals surface area (Å²) in [5.74, 6) is -2.57. The van der Waals surface area contributed by atoms with Crippen molar-refractivity contribution in [2.24, 2.45) is 0 Å². The van der Waals surface area contributed by atoms with Gasteiger partial charge in [-0.3, -0.25) is 29.0 Å². The van der Waals surface area contributed by atoms with E-state index in [2.05, 4.69) is 0 Å². The predicted molar refractivity (Wildman–Crippen MR) is 128 cm³/mol.